The standard InChI is InChI=1S/C15H20FNO3S/c16-15-6-5-13(7-12(15)9-18)21(19,20)17-8-14(10-1-2-10)11-3-4-11/h5-7,10-11,14,17-18H,1-4,8-9H2. The maximum absolute atomic E-state index is 13.3. The van der Waals surface area contributed by atoms with Gasteiger partial charge in [-0.3, -0.25) is 0 Å². The predicted molar refractivity (Wildman–Crippen MR) is 76.4 cm³/mol. The molecule has 2 aliphatic rings. The van der Waals surface area contributed by atoms with E-state index in [0.29, 0.717) is 24.3 Å². The molecule has 21 heavy (non-hydrogen) atoms. The highest BCUT2D eigenvalue weighted by molar-refractivity contribution is 7.89. The molecular weight excluding hydrogens is 293 g/mol. The Morgan fingerprint density at radius 1 is 1.24 bits per heavy atom. The molecule has 2 aliphatic carbocycles. The fourth-order valence-corrected chi connectivity index (χ4v) is 4.02. The van der Waals surface area contributed by atoms with E-state index < -0.39 is 22.4 Å². The van der Waals surface area contributed by atoms with Crippen molar-refractivity contribution in [1.29, 1.82) is 0 Å². The Kier molecular flexibility index (Phi) is 4.03. The lowest BCUT2D eigenvalue weighted by Gasteiger charge is -2.16. The molecular formula is C15H20FNO3S. The second-order valence-electron chi connectivity index (χ2n) is 6.10. The zero-order valence-corrected chi connectivity index (χ0v) is 12.6. The third kappa shape index (κ3) is 3.44. The largest absolute Gasteiger partial charge is 0.392 e. The van der Waals surface area contributed by atoms with Crippen LogP contribution < -0.4 is 4.72 Å². The minimum Gasteiger partial charge on any atom is -0.392 e. The molecule has 1 aromatic carbocycles. The number of nitrogens with one attached hydrogen (secondary N) is 1. The average molecular weight is 313 g/mol. The number of benzene rings is 1. The average Bonchev–Trinajstić information content (AvgIpc) is 3.33. The Morgan fingerprint density at radius 2 is 1.86 bits per heavy atom. The molecule has 0 heterocycles. The van der Waals surface area contributed by atoms with E-state index in [1.54, 1.807) is 0 Å². The SMILES string of the molecule is O=S(=O)(NCC(C1CC1)C1CC1)c1ccc(F)c(CO)c1. The number of aliphatic hydroxyl groups excluding tert-OH is 1. The highest BCUT2D eigenvalue weighted by Crippen LogP contribution is 2.48. The molecule has 2 fully saturated rings. The molecule has 0 amide bonds. The Bertz CT molecular complexity index is 612. The quantitative estimate of drug-likeness (QED) is 0.809. The van der Waals surface area contributed by atoms with Gasteiger partial charge >= 0.3 is 0 Å². The zero-order valence-electron chi connectivity index (χ0n) is 11.8. The molecule has 0 spiro atoms. The van der Waals surface area contributed by atoms with Crippen LogP contribution in [0, 0.1) is 23.6 Å². The fourth-order valence-electron chi connectivity index (χ4n) is 2.90. The molecule has 0 atom stereocenters. The van der Waals surface area contributed by atoms with Gasteiger partial charge in [-0.15, -0.1) is 0 Å². The number of sulfonamides is 1. The molecule has 4 nitrogen and oxygen atoms in total. The molecule has 0 aliphatic heterocycles. The summed E-state index contributed by atoms with van der Waals surface area (Å²) in [7, 11) is -3.64. The van der Waals surface area contributed by atoms with Crippen molar-refractivity contribution >= 4 is 10.0 Å². The topological polar surface area (TPSA) is 66.4 Å². The van der Waals surface area contributed by atoms with Crippen molar-refractivity contribution in [2.75, 3.05) is 6.54 Å². The van der Waals surface area contributed by atoms with Gasteiger partial charge in [0.1, 0.15) is 5.82 Å². The minimum absolute atomic E-state index is 0.00110. The van der Waals surface area contributed by atoms with Gasteiger partial charge in [-0.05, 0) is 61.6 Å². The third-order valence-corrected chi connectivity index (χ3v) is 5.88. The Morgan fingerprint density at radius 3 is 2.38 bits per heavy atom. The van der Waals surface area contributed by atoms with E-state index in [1.165, 1.54) is 37.8 Å². The first kappa shape index (κ1) is 14.9. The summed E-state index contributed by atoms with van der Waals surface area (Å²) in [6.07, 6.45) is 4.81. The van der Waals surface area contributed by atoms with Crippen LogP contribution in [0.25, 0.3) is 0 Å². The van der Waals surface area contributed by atoms with Gasteiger partial charge in [-0.2, -0.15) is 0 Å². The smallest absolute Gasteiger partial charge is 0.240 e. The Labute approximate surface area is 124 Å². The molecule has 116 valence electrons. The van der Waals surface area contributed by atoms with E-state index in [0.717, 1.165) is 6.07 Å². The number of aliphatic hydroxyl groups is 1. The van der Waals surface area contributed by atoms with Gasteiger partial charge in [0.05, 0.1) is 11.5 Å². The molecule has 0 radical (unpaired) electrons. The molecule has 0 unspecified atom stereocenters. The van der Waals surface area contributed by atoms with Crippen LogP contribution in [0.5, 0.6) is 0 Å². The lowest BCUT2D eigenvalue weighted by atomic mass is 9.99. The first-order chi connectivity index (χ1) is 10.0. The van der Waals surface area contributed by atoms with Crippen LogP contribution in [0.2, 0.25) is 0 Å². The lowest BCUT2D eigenvalue weighted by molar-refractivity contribution is 0.275. The van der Waals surface area contributed by atoms with Crippen LogP contribution in [0.15, 0.2) is 23.1 Å². The predicted octanol–water partition coefficient (Wildman–Crippen LogP) is 2.03. The monoisotopic (exact) mass is 313 g/mol. The molecule has 2 N–H and O–H groups in total. The Hall–Kier alpha value is -0.980. The van der Waals surface area contributed by atoms with Crippen LogP contribution in [0.3, 0.4) is 0 Å². The first-order valence-electron chi connectivity index (χ1n) is 7.40. The van der Waals surface area contributed by atoms with E-state index >= 15 is 0 Å². The molecule has 0 saturated heterocycles. The van der Waals surface area contributed by atoms with Crippen LogP contribution >= 0.6 is 0 Å². The minimum atomic E-state index is -3.64. The summed E-state index contributed by atoms with van der Waals surface area (Å²) in [5, 5.41) is 9.03. The molecule has 1 aromatic rings. The maximum atomic E-state index is 13.3. The summed E-state index contributed by atoms with van der Waals surface area (Å²) in [6, 6.07) is 3.51. The number of rotatable bonds is 7. The van der Waals surface area contributed by atoms with Crippen molar-refractivity contribution in [3.63, 3.8) is 0 Å². The van der Waals surface area contributed by atoms with Gasteiger partial charge in [-0.25, -0.2) is 17.5 Å². The fraction of sp³-hybridized carbons (Fsp3) is 0.600. The van der Waals surface area contributed by atoms with Crippen molar-refractivity contribution in [2.24, 2.45) is 17.8 Å². The maximum Gasteiger partial charge on any atom is 0.240 e. The molecule has 3 rings (SSSR count). The van der Waals surface area contributed by atoms with Crippen LogP contribution in [0.1, 0.15) is 31.2 Å². The van der Waals surface area contributed by atoms with E-state index in [4.69, 9.17) is 5.11 Å². The van der Waals surface area contributed by atoms with Gasteiger partial charge in [0.25, 0.3) is 0 Å². The lowest BCUT2D eigenvalue weighted by Crippen LogP contribution is -2.31. The number of halogens is 1. The first-order valence-corrected chi connectivity index (χ1v) is 8.88. The van der Waals surface area contributed by atoms with Gasteiger partial charge in [0.15, 0.2) is 0 Å². The third-order valence-electron chi connectivity index (χ3n) is 4.46. The second-order valence-corrected chi connectivity index (χ2v) is 7.87. The van der Waals surface area contributed by atoms with Crippen molar-refractivity contribution in [3.05, 3.63) is 29.6 Å². The van der Waals surface area contributed by atoms with Crippen molar-refractivity contribution in [3.8, 4) is 0 Å². The summed E-state index contributed by atoms with van der Waals surface area (Å²) >= 11 is 0. The molecule has 0 aromatic heterocycles. The normalized spacial score (nSPS) is 19.2. The van der Waals surface area contributed by atoms with Crippen molar-refractivity contribution in [1.82, 2.24) is 4.72 Å². The highest BCUT2D eigenvalue weighted by Gasteiger charge is 2.41. The summed E-state index contributed by atoms with van der Waals surface area (Å²) < 4.78 is 40.6. The van der Waals surface area contributed by atoms with Gasteiger partial charge < -0.3 is 5.11 Å². The molecule has 0 bridgehead atoms. The van der Waals surface area contributed by atoms with E-state index in [9.17, 15) is 12.8 Å². The van der Waals surface area contributed by atoms with E-state index in [1.807, 2.05) is 0 Å². The van der Waals surface area contributed by atoms with Gasteiger partial charge in [0, 0.05) is 12.1 Å². The van der Waals surface area contributed by atoms with E-state index in [2.05, 4.69) is 4.72 Å². The van der Waals surface area contributed by atoms with Gasteiger partial charge in [0.2, 0.25) is 10.0 Å². The number of hydrogen-bond acceptors (Lipinski definition) is 3. The molecule has 6 heteroatoms. The van der Waals surface area contributed by atoms with Crippen molar-refractivity contribution < 1.29 is 17.9 Å². The summed E-state index contributed by atoms with van der Waals surface area (Å²) in [5.74, 6) is 1.19. The van der Waals surface area contributed by atoms with Crippen LogP contribution in [-0.4, -0.2) is 20.1 Å². The summed E-state index contributed by atoms with van der Waals surface area (Å²) in [4.78, 5) is 0.0123. The van der Waals surface area contributed by atoms with Crippen LogP contribution in [0.4, 0.5) is 4.39 Å². The van der Waals surface area contributed by atoms with Gasteiger partial charge in [-0.1, -0.05) is 0 Å². The van der Waals surface area contributed by atoms with Crippen molar-refractivity contribution in [2.45, 2.75) is 37.2 Å². The zero-order chi connectivity index (χ0) is 15.0. The Balaban J connectivity index is 1.70. The summed E-state index contributed by atoms with van der Waals surface area (Å²) in [6.45, 7) is -0.0501. The highest BCUT2D eigenvalue weighted by atomic mass is 32.2. The van der Waals surface area contributed by atoms with Crippen LogP contribution in [-0.2, 0) is 16.6 Å². The molecule has 2 saturated carbocycles. The van der Waals surface area contributed by atoms with E-state index in [-0.39, 0.29) is 10.5 Å². The number of hydrogen-bond donors (Lipinski definition) is 2. The summed E-state index contributed by atoms with van der Waals surface area (Å²) in [5.41, 5.74) is -0.00110. The second kappa shape index (κ2) is 5.66.